The first-order valence-electron chi connectivity index (χ1n) is 5.12. The van der Waals surface area contributed by atoms with E-state index in [1.54, 1.807) is 0 Å². The van der Waals surface area contributed by atoms with Gasteiger partial charge in [0.15, 0.2) is 0 Å². The van der Waals surface area contributed by atoms with Crippen LogP contribution >= 0.6 is 13.5 Å². The predicted octanol–water partition coefficient (Wildman–Crippen LogP) is 3.07. The van der Waals surface area contributed by atoms with Crippen molar-refractivity contribution in [1.82, 2.24) is 5.32 Å². The standard InChI is InChI=1S/C10H23N.H2S/c1-3-5-7-9-11-10-8-6-4-2;/h11H,3-10H2,1-2H3;1H2. The fourth-order valence-electron chi connectivity index (χ4n) is 1.12. The van der Waals surface area contributed by atoms with E-state index in [0.29, 0.717) is 0 Å². The van der Waals surface area contributed by atoms with E-state index in [1.807, 2.05) is 0 Å². The van der Waals surface area contributed by atoms with Crippen molar-refractivity contribution in [3.05, 3.63) is 0 Å². The Hall–Kier alpha value is 0.310. The minimum Gasteiger partial charge on any atom is -0.317 e. The highest BCUT2D eigenvalue weighted by molar-refractivity contribution is 7.59. The number of rotatable bonds is 8. The van der Waals surface area contributed by atoms with Crippen LogP contribution in [0.1, 0.15) is 52.4 Å². The molecule has 0 bridgehead atoms. The molecule has 0 atom stereocenters. The Morgan fingerprint density at radius 2 is 1.17 bits per heavy atom. The lowest BCUT2D eigenvalue weighted by molar-refractivity contribution is 0.583. The molecule has 0 aromatic carbocycles. The van der Waals surface area contributed by atoms with Crippen molar-refractivity contribution in [1.29, 1.82) is 0 Å². The van der Waals surface area contributed by atoms with Gasteiger partial charge in [-0.3, -0.25) is 0 Å². The van der Waals surface area contributed by atoms with Gasteiger partial charge in [-0.2, -0.15) is 13.5 Å². The van der Waals surface area contributed by atoms with Gasteiger partial charge >= 0.3 is 0 Å². The molecule has 0 aliphatic carbocycles. The minimum atomic E-state index is 0. The van der Waals surface area contributed by atoms with Crippen LogP contribution in [0, 0.1) is 0 Å². The van der Waals surface area contributed by atoms with Crippen molar-refractivity contribution >= 4 is 13.5 Å². The molecule has 0 aromatic rings. The van der Waals surface area contributed by atoms with Crippen molar-refractivity contribution < 1.29 is 0 Å². The summed E-state index contributed by atoms with van der Waals surface area (Å²) in [6, 6.07) is 0. The average molecular weight is 191 g/mol. The molecule has 0 aliphatic rings. The molecule has 0 spiro atoms. The van der Waals surface area contributed by atoms with Crippen LogP contribution in [0.5, 0.6) is 0 Å². The largest absolute Gasteiger partial charge is 0.317 e. The summed E-state index contributed by atoms with van der Waals surface area (Å²) in [4.78, 5) is 0. The van der Waals surface area contributed by atoms with Crippen LogP contribution in [0.25, 0.3) is 0 Å². The molecule has 0 radical (unpaired) electrons. The maximum atomic E-state index is 3.46. The van der Waals surface area contributed by atoms with Crippen LogP contribution in [0.3, 0.4) is 0 Å². The fraction of sp³-hybridized carbons (Fsp3) is 1.00. The molecular weight excluding hydrogens is 166 g/mol. The van der Waals surface area contributed by atoms with Gasteiger partial charge in [0.25, 0.3) is 0 Å². The van der Waals surface area contributed by atoms with Gasteiger partial charge in [-0.15, -0.1) is 0 Å². The first-order chi connectivity index (χ1) is 5.41. The number of hydrogen-bond donors (Lipinski definition) is 1. The normalized spacial score (nSPS) is 9.50. The highest BCUT2D eigenvalue weighted by Gasteiger charge is 1.86. The molecule has 0 rings (SSSR count). The Morgan fingerprint density at radius 3 is 1.50 bits per heavy atom. The second-order valence-corrected chi connectivity index (χ2v) is 3.16. The van der Waals surface area contributed by atoms with Crippen molar-refractivity contribution in [3.63, 3.8) is 0 Å². The first-order valence-corrected chi connectivity index (χ1v) is 5.12. The summed E-state index contributed by atoms with van der Waals surface area (Å²) in [7, 11) is 0. The molecule has 1 N–H and O–H groups in total. The van der Waals surface area contributed by atoms with Crippen LogP contribution in [0.2, 0.25) is 0 Å². The third-order valence-electron chi connectivity index (χ3n) is 1.91. The van der Waals surface area contributed by atoms with Gasteiger partial charge < -0.3 is 5.32 Å². The number of hydrogen-bond acceptors (Lipinski definition) is 1. The molecule has 0 fully saturated rings. The quantitative estimate of drug-likeness (QED) is 0.581. The lowest BCUT2D eigenvalue weighted by Crippen LogP contribution is -2.16. The van der Waals surface area contributed by atoms with Crippen LogP contribution in [0.4, 0.5) is 0 Å². The van der Waals surface area contributed by atoms with E-state index in [0.717, 1.165) is 0 Å². The van der Waals surface area contributed by atoms with Crippen LogP contribution in [-0.2, 0) is 0 Å². The zero-order valence-electron chi connectivity index (χ0n) is 8.66. The van der Waals surface area contributed by atoms with E-state index in [2.05, 4.69) is 19.2 Å². The maximum absolute atomic E-state index is 3.46. The summed E-state index contributed by atoms with van der Waals surface area (Å²) >= 11 is 0. The molecule has 0 amide bonds. The van der Waals surface area contributed by atoms with Crippen molar-refractivity contribution in [2.45, 2.75) is 52.4 Å². The molecule has 12 heavy (non-hydrogen) atoms. The zero-order chi connectivity index (χ0) is 8.36. The first kappa shape index (κ1) is 14.8. The predicted molar refractivity (Wildman–Crippen MR) is 62.3 cm³/mol. The second-order valence-electron chi connectivity index (χ2n) is 3.16. The van der Waals surface area contributed by atoms with Crippen molar-refractivity contribution in [2.24, 2.45) is 0 Å². The van der Waals surface area contributed by atoms with Gasteiger partial charge in [-0.1, -0.05) is 39.5 Å². The second kappa shape index (κ2) is 13.9. The van der Waals surface area contributed by atoms with E-state index < -0.39 is 0 Å². The van der Waals surface area contributed by atoms with Gasteiger partial charge in [0.2, 0.25) is 0 Å². The number of unbranched alkanes of at least 4 members (excludes halogenated alkanes) is 4. The molecule has 0 unspecified atom stereocenters. The Bertz CT molecular complexity index is 58.9. The van der Waals surface area contributed by atoms with E-state index in [-0.39, 0.29) is 13.5 Å². The lowest BCUT2D eigenvalue weighted by atomic mass is 10.2. The topological polar surface area (TPSA) is 12.0 Å². The Morgan fingerprint density at radius 1 is 0.750 bits per heavy atom. The van der Waals surface area contributed by atoms with Gasteiger partial charge in [-0.05, 0) is 25.9 Å². The molecule has 2 heteroatoms. The van der Waals surface area contributed by atoms with E-state index >= 15 is 0 Å². The fourth-order valence-corrected chi connectivity index (χ4v) is 1.12. The average Bonchev–Trinajstić information content (AvgIpc) is 2.03. The van der Waals surface area contributed by atoms with Crippen LogP contribution < -0.4 is 5.32 Å². The highest BCUT2D eigenvalue weighted by atomic mass is 32.1. The van der Waals surface area contributed by atoms with Crippen LogP contribution in [-0.4, -0.2) is 13.1 Å². The van der Waals surface area contributed by atoms with E-state index in [9.17, 15) is 0 Å². The molecule has 0 aliphatic heterocycles. The van der Waals surface area contributed by atoms with Crippen LogP contribution in [0.15, 0.2) is 0 Å². The molecule has 76 valence electrons. The SMILES string of the molecule is CCCCCNCCCCC.S. The van der Waals surface area contributed by atoms with Gasteiger partial charge in [0.05, 0.1) is 0 Å². The Labute approximate surface area is 84.8 Å². The monoisotopic (exact) mass is 191 g/mol. The molecule has 0 saturated carbocycles. The highest BCUT2D eigenvalue weighted by Crippen LogP contribution is 1.93. The maximum Gasteiger partial charge on any atom is -0.00489 e. The number of nitrogens with one attached hydrogen (secondary N) is 1. The zero-order valence-corrected chi connectivity index (χ0v) is 9.66. The van der Waals surface area contributed by atoms with E-state index in [4.69, 9.17) is 0 Å². The summed E-state index contributed by atoms with van der Waals surface area (Å²) in [5.41, 5.74) is 0. The Balaban J connectivity index is 0. The Kier molecular flexibility index (Phi) is 17.1. The summed E-state index contributed by atoms with van der Waals surface area (Å²) in [5.74, 6) is 0. The molecule has 1 nitrogen and oxygen atoms in total. The summed E-state index contributed by atoms with van der Waals surface area (Å²) in [6.07, 6.45) is 8.11. The third-order valence-corrected chi connectivity index (χ3v) is 1.91. The third kappa shape index (κ3) is 12.9. The summed E-state index contributed by atoms with van der Waals surface area (Å²) < 4.78 is 0. The summed E-state index contributed by atoms with van der Waals surface area (Å²) in [6.45, 7) is 6.93. The smallest absolute Gasteiger partial charge is 0.00489 e. The molecule has 0 aromatic heterocycles. The van der Waals surface area contributed by atoms with E-state index in [1.165, 1.54) is 51.6 Å². The van der Waals surface area contributed by atoms with Gasteiger partial charge in [0, 0.05) is 0 Å². The summed E-state index contributed by atoms with van der Waals surface area (Å²) in [5, 5.41) is 3.46. The van der Waals surface area contributed by atoms with Gasteiger partial charge in [0.1, 0.15) is 0 Å². The minimum absolute atomic E-state index is 0. The van der Waals surface area contributed by atoms with Gasteiger partial charge in [-0.25, -0.2) is 0 Å². The van der Waals surface area contributed by atoms with Crippen molar-refractivity contribution in [2.75, 3.05) is 13.1 Å². The van der Waals surface area contributed by atoms with Crippen molar-refractivity contribution in [3.8, 4) is 0 Å². The molecular formula is C10H25NS. The molecule has 0 heterocycles. The molecule has 0 saturated heterocycles. The lowest BCUT2D eigenvalue weighted by Gasteiger charge is -2.02.